The van der Waals surface area contributed by atoms with E-state index in [4.69, 9.17) is 11.0 Å². The lowest BCUT2D eigenvalue weighted by Crippen LogP contribution is -2.35. The van der Waals surface area contributed by atoms with Crippen molar-refractivity contribution in [2.24, 2.45) is 11.7 Å². The molecule has 0 aliphatic carbocycles. The number of rotatable bonds is 3. The Bertz CT molecular complexity index is 472. The molecule has 1 aromatic rings. The van der Waals surface area contributed by atoms with Crippen LogP contribution in [-0.4, -0.2) is 24.0 Å². The van der Waals surface area contributed by atoms with E-state index in [1.807, 2.05) is 0 Å². The zero-order chi connectivity index (χ0) is 13.0. The number of nitriles is 1. The van der Waals surface area contributed by atoms with E-state index in [-0.39, 0.29) is 5.91 Å². The Balaban J connectivity index is 1.97. The summed E-state index contributed by atoms with van der Waals surface area (Å²) < 4.78 is 0. The van der Waals surface area contributed by atoms with Crippen LogP contribution >= 0.6 is 0 Å². The molecule has 94 valence electrons. The second-order valence-corrected chi connectivity index (χ2v) is 4.62. The Morgan fingerprint density at radius 1 is 1.56 bits per heavy atom. The average molecular weight is 244 g/mol. The molecule has 1 amide bonds. The highest BCUT2D eigenvalue weighted by molar-refractivity contribution is 5.74. The number of carbonyl (C=O) groups excluding carboxylic acids is 1. The molecule has 1 aromatic heterocycles. The number of hydrogen-bond donors (Lipinski definition) is 1. The minimum absolute atomic E-state index is 0.224. The third kappa shape index (κ3) is 2.98. The van der Waals surface area contributed by atoms with Gasteiger partial charge < -0.3 is 10.6 Å². The van der Waals surface area contributed by atoms with Gasteiger partial charge in [-0.2, -0.15) is 5.26 Å². The van der Waals surface area contributed by atoms with Crippen molar-refractivity contribution in [1.29, 1.82) is 5.26 Å². The lowest BCUT2D eigenvalue weighted by Gasteiger charge is -2.32. The monoisotopic (exact) mass is 244 g/mol. The van der Waals surface area contributed by atoms with Crippen LogP contribution in [0.5, 0.6) is 0 Å². The summed E-state index contributed by atoms with van der Waals surface area (Å²) >= 11 is 0. The van der Waals surface area contributed by atoms with Crippen LogP contribution in [0.1, 0.15) is 24.8 Å². The number of primary amides is 1. The number of hydrogen-bond acceptors (Lipinski definition) is 4. The number of anilines is 1. The minimum Gasteiger partial charge on any atom is -0.370 e. The number of piperidine rings is 1. The Kier molecular flexibility index (Phi) is 3.78. The van der Waals surface area contributed by atoms with Crippen molar-refractivity contribution >= 4 is 11.7 Å². The number of carbonyl (C=O) groups is 1. The topological polar surface area (TPSA) is 83.0 Å². The first-order valence-electron chi connectivity index (χ1n) is 6.08. The normalized spacial score (nSPS) is 16.3. The van der Waals surface area contributed by atoms with Crippen LogP contribution in [-0.2, 0) is 4.79 Å². The van der Waals surface area contributed by atoms with Gasteiger partial charge >= 0.3 is 0 Å². The highest BCUT2D eigenvalue weighted by Crippen LogP contribution is 2.24. The molecule has 1 fully saturated rings. The van der Waals surface area contributed by atoms with Gasteiger partial charge in [0.2, 0.25) is 5.91 Å². The third-order valence-electron chi connectivity index (χ3n) is 3.30. The van der Waals surface area contributed by atoms with E-state index in [1.54, 1.807) is 18.3 Å². The second-order valence-electron chi connectivity index (χ2n) is 4.62. The number of nitrogens with two attached hydrogens (primary N) is 1. The van der Waals surface area contributed by atoms with Crippen molar-refractivity contribution in [3.05, 3.63) is 23.9 Å². The fourth-order valence-electron chi connectivity index (χ4n) is 2.31. The van der Waals surface area contributed by atoms with Gasteiger partial charge in [-0.3, -0.25) is 4.79 Å². The molecule has 0 aromatic carbocycles. The smallest absolute Gasteiger partial charge is 0.217 e. The molecule has 0 atom stereocenters. The summed E-state index contributed by atoms with van der Waals surface area (Å²) in [5.41, 5.74) is 5.83. The number of amides is 1. The van der Waals surface area contributed by atoms with Gasteiger partial charge in [0.25, 0.3) is 0 Å². The molecule has 1 aliphatic heterocycles. The molecule has 1 aliphatic rings. The summed E-state index contributed by atoms with van der Waals surface area (Å²) in [6.07, 6.45) is 4.02. The first-order chi connectivity index (χ1) is 8.69. The van der Waals surface area contributed by atoms with Gasteiger partial charge in [-0.25, -0.2) is 4.98 Å². The molecule has 0 saturated carbocycles. The van der Waals surface area contributed by atoms with Crippen LogP contribution in [0.4, 0.5) is 5.82 Å². The molecule has 0 radical (unpaired) electrons. The summed E-state index contributed by atoms with van der Waals surface area (Å²) in [4.78, 5) is 17.3. The Morgan fingerprint density at radius 2 is 2.28 bits per heavy atom. The van der Waals surface area contributed by atoms with E-state index in [2.05, 4.69) is 16.0 Å². The average Bonchev–Trinajstić information content (AvgIpc) is 2.39. The largest absolute Gasteiger partial charge is 0.370 e. The maximum atomic E-state index is 10.9. The van der Waals surface area contributed by atoms with Crippen LogP contribution in [0.3, 0.4) is 0 Å². The Hall–Kier alpha value is -2.09. The van der Waals surface area contributed by atoms with Crippen LogP contribution in [0.2, 0.25) is 0 Å². The van der Waals surface area contributed by atoms with Crippen molar-refractivity contribution in [2.45, 2.75) is 19.3 Å². The van der Waals surface area contributed by atoms with E-state index in [1.165, 1.54) is 0 Å². The molecule has 18 heavy (non-hydrogen) atoms. The van der Waals surface area contributed by atoms with Crippen molar-refractivity contribution < 1.29 is 4.79 Å². The van der Waals surface area contributed by atoms with Gasteiger partial charge in [0.05, 0.1) is 11.6 Å². The van der Waals surface area contributed by atoms with Crippen LogP contribution in [0.15, 0.2) is 18.3 Å². The van der Waals surface area contributed by atoms with Gasteiger partial charge in [0.15, 0.2) is 0 Å². The summed E-state index contributed by atoms with van der Waals surface area (Å²) in [5, 5.41) is 8.85. The summed E-state index contributed by atoms with van der Waals surface area (Å²) in [6.45, 7) is 1.72. The molecule has 1 saturated heterocycles. The van der Waals surface area contributed by atoms with E-state index < -0.39 is 0 Å². The highest BCUT2D eigenvalue weighted by Gasteiger charge is 2.21. The van der Waals surface area contributed by atoms with Crippen molar-refractivity contribution in [3.8, 4) is 6.07 Å². The SMILES string of the molecule is N#Cc1ccnc(N2CCC(CC(N)=O)CC2)c1. The molecule has 0 unspecified atom stereocenters. The standard InChI is InChI=1S/C13H16N4O/c14-9-11-1-4-16-13(8-11)17-5-2-10(3-6-17)7-12(15)18/h1,4,8,10H,2-3,5-7H2,(H2,15,18). The van der Waals surface area contributed by atoms with Crippen LogP contribution in [0, 0.1) is 17.2 Å². The maximum absolute atomic E-state index is 10.9. The van der Waals surface area contributed by atoms with Crippen molar-refractivity contribution in [2.75, 3.05) is 18.0 Å². The molecule has 2 N–H and O–H groups in total. The fourth-order valence-corrected chi connectivity index (χ4v) is 2.31. The zero-order valence-electron chi connectivity index (χ0n) is 10.2. The van der Waals surface area contributed by atoms with Crippen molar-refractivity contribution in [3.63, 3.8) is 0 Å². The molecule has 2 heterocycles. The number of pyridine rings is 1. The first-order valence-corrected chi connectivity index (χ1v) is 6.08. The Morgan fingerprint density at radius 3 is 2.89 bits per heavy atom. The highest BCUT2D eigenvalue weighted by atomic mass is 16.1. The summed E-state index contributed by atoms with van der Waals surface area (Å²) in [6, 6.07) is 5.61. The van der Waals surface area contributed by atoms with Crippen molar-refractivity contribution in [1.82, 2.24) is 4.98 Å². The molecule has 5 nitrogen and oxygen atoms in total. The number of aromatic nitrogens is 1. The van der Waals surface area contributed by atoms with Gasteiger partial charge in [0.1, 0.15) is 5.82 Å². The predicted octanol–water partition coefficient (Wildman–Crippen LogP) is 1.05. The summed E-state index contributed by atoms with van der Waals surface area (Å²) in [7, 11) is 0. The zero-order valence-corrected chi connectivity index (χ0v) is 10.2. The molecular weight excluding hydrogens is 228 g/mol. The Labute approximate surface area is 106 Å². The van der Waals surface area contributed by atoms with E-state index in [0.717, 1.165) is 31.7 Å². The molecule has 2 rings (SSSR count). The quantitative estimate of drug-likeness (QED) is 0.861. The maximum Gasteiger partial charge on any atom is 0.217 e. The van der Waals surface area contributed by atoms with E-state index in [9.17, 15) is 4.79 Å². The van der Waals surface area contributed by atoms with Crippen LogP contribution < -0.4 is 10.6 Å². The van der Waals surface area contributed by atoms with E-state index in [0.29, 0.717) is 17.9 Å². The molecule has 5 heteroatoms. The minimum atomic E-state index is -0.224. The van der Waals surface area contributed by atoms with Gasteiger partial charge in [-0.1, -0.05) is 0 Å². The molecular formula is C13H16N4O. The lowest BCUT2D eigenvalue weighted by molar-refractivity contribution is -0.119. The fraction of sp³-hybridized carbons (Fsp3) is 0.462. The van der Waals surface area contributed by atoms with E-state index >= 15 is 0 Å². The number of nitrogens with zero attached hydrogens (tertiary/aromatic N) is 3. The van der Waals surface area contributed by atoms with Gasteiger partial charge in [-0.05, 0) is 30.9 Å². The van der Waals surface area contributed by atoms with Gasteiger partial charge in [0, 0.05) is 25.7 Å². The van der Waals surface area contributed by atoms with Gasteiger partial charge in [-0.15, -0.1) is 0 Å². The van der Waals surface area contributed by atoms with Crippen LogP contribution in [0.25, 0.3) is 0 Å². The predicted molar refractivity (Wildman–Crippen MR) is 67.7 cm³/mol. The lowest BCUT2D eigenvalue weighted by atomic mass is 9.93. The summed E-state index contributed by atoms with van der Waals surface area (Å²) in [5.74, 6) is 1.00. The third-order valence-corrected chi connectivity index (χ3v) is 3.30. The molecule has 0 bridgehead atoms. The molecule has 0 spiro atoms. The first kappa shape index (κ1) is 12.4. The second kappa shape index (κ2) is 5.50.